The lowest BCUT2D eigenvalue weighted by molar-refractivity contribution is 0.0528. The fraction of sp³-hybridized carbons (Fsp3) is 0.733. The zero-order valence-electron chi connectivity index (χ0n) is 12.8. The molecule has 0 radical (unpaired) electrons. The Labute approximate surface area is 113 Å². The molecule has 104 valence electrons. The molecule has 2 nitrogen and oxygen atoms in total. The van der Waals surface area contributed by atoms with Crippen LogP contribution in [-0.4, -0.2) is 14.4 Å². The predicted octanol–water partition coefficient (Wildman–Crippen LogP) is 4.99. The molecule has 1 atom stereocenters. The summed E-state index contributed by atoms with van der Waals surface area (Å²) < 4.78 is 12.2. The van der Waals surface area contributed by atoms with Crippen LogP contribution in [0.15, 0.2) is 23.2 Å². The summed E-state index contributed by atoms with van der Waals surface area (Å²) in [6, 6.07) is 0. The number of hydrogen-bond acceptors (Lipinski definition) is 2. The molecule has 0 saturated heterocycles. The fourth-order valence-electron chi connectivity index (χ4n) is 1.93. The molecule has 0 spiro atoms. The van der Waals surface area contributed by atoms with Crippen LogP contribution in [0.5, 0.6) is 0 Å². The summed E-state index contributed by atoms with van der Waals surface area (Å²) in [4.78, 5) is 0. The smallest absolute Gasteiger partial charge is 0.264 e. The first kappa shape index (κ1) is 15.4. The molecule has 0 unspecified atom stereocenters. The topological polar surface area (TPSA) is 18.5 Å². The van der Waals surface area contributed by atoms with Crippen LogP contribution in [0.4, 0.5) is 0 Å². The number of allylic oxidation sites excluding steroid dienone is 2. The third-order valence-corrected chi connectivity index (χ3v) is 3.86. The summed E-state index contributed by atoms with van der Waals surface area (Å²) in [6.45, 7) is 13.0. The number of hydrogen-bond donors (Lipinski definition) is 0. The van der Waals surface area contributed by atoms with Crippen LogP contribution in [0.2, 0.25) is 19.6 Å². The summed E-state index contributed by atoms with van der Waals surface area (Å²) in [6.07, 6.45) is 6.97. The van der Waals surface area contributed by atoms with Crippen molar-refractivity contribution in [3.63, 3.8) is 0 Å². The third-order valence-electron chi connectivity index (χ3n) is 3.07. The van der Waals surface area contributed by atoms with E-state index in [1.54, 1.807) is 0 Å². The summed E-state index contributed by atoms with van der Waals surface area (Å²) in [5, 5.41) is 0. The maximum absolute atomic E-state index is 6.11. The zero-order valence-corrected chi connectivity index (χ0v) is 13.8. The molecule has 1 aliphatic carbocycles. The van der Waals surface area contributed by atoms with E-state index >= 15 is 0 Å². The van der Waals surface area contributed by atoms with Crippen LogP contribution in [0, 0.1) is 0 Å². The second-order valence-electron chi connectivity index (χ2n) is 6.20. The highest BCUT2D eigenvalue weighted by Gasteiger charge is 2.22. The Morgan fingerprint density at radius 2 is 2.06 bits per heavy atom. The van der Waals surface area contributed by atoms with Gasteiger partial charge in [0, 0.05) is 5.57 Å². The molecule has 0 aromatic rings. The van der Waals surface area contributed by atoms with Gasteiger partial charge in [0.2, 0.25) is 8.32 Å². The number of rotatable bonds is 5. The Balaban J connectivity index is 2.77. The van der Waals surface area contributed by atoms with Crippen LogP contribution in [0.3, 0.4) is 0 Å². The van der Waals surface area contributed by atoms with Crippen molar-refractivity contribution in [2.75, 3.05) is 0 Å². The Bertz CT molecular complexity index is 337. The minimum Gasteiger partial charge on any atom is -0.520 e. The molecule has 0 aliphatic heterocycles. The van der Waals surface area contributed by atoms with Crippen LogP contribution in [-0.2, 0) is 9.16 Å². The van der Waals surface area contributed by atoms with Crippen molar-refractivity contribution in [2.24, 2.45) is 0 Å². The average molecular weight is 268 g/mol. The van der Waals surface area contributed by atoms with E-state index in [0.29, 0.717) is 0 Å². The van der Waals surface area contributed by atoms with E-state index in [1.807, 2.05) is 0 Å². The van der Waals surface area contributed by atoms with Gasteiger partial charge in [0.15, 0.2) is 0 Å². The lowest BCUT2D eigenvalue weighted by atomic mass is 9.99. The van der Waals surface area contributed by atoms with Crippen molar-refractivity contribution in [3.8, 4) is 0 Å². The minimum absolute atomic E-state index is 0.201. The van der Waals surface area contributed by atoms with Gasteiger partial charge < -0.3 is 9.16 Å². The van der Waals surface area contributed by atoms with Gasteiger partial charge in [-0.1, -0.05) is 12.5 Å². The molecule has 1 rings (SSSR count). The van der Waals surface area contributed by atoms with Gasteiger partial charge in [-0.05, 0) is 65.2 Å². The van der Waals surface area contributed by atoms with Gasteiger partial charge >= 0.3 is 0 Å². The zero-order chi connectivity index (χ0) is 13.8. The van der Waals surface area contributed by atoms with Gasteiger partial charge in [-0.25, -0.2) is 0 Å². The lowest BCUT2D eigenvalue weighted by Gasteiger charge is -2.28. The van der Waals surface area contributed by atoms with E-state index in [0.717, 1.165) is 18.8 Å². The van der Waals surface area contributed by atoms with Crippen molar-refractivity contribution in [2.45, 2.75) is 72.2 Å². The molecule has 0 N–H and O–H groups in total. The van der Waals surface area contributed by atoms with Crippen LogP contribution in [0.25, 0.3) is 0 Å². The number of ether oxygens (including phenoxy) is 1. The maximum Gasteiger partial charge on any atom is 0.264 e. The minimum atomic E-state index is -1.60. The highest BCUT2D eigenvalue weighted by atomic mass is 28.4. The van der Waals surface area contributed by atoms with Crippen LogP contribution < -0.4 is 0 Å². The van der Waals surface area contributed by atoms with E-state index in [-0.39, 0.29) is 6.10 Å². The molecule has 0 saturated carbocycles. The quantitative estimate of drug-likeness (QED) is 0.397. The van der Waals surface area contributed by atoms with Crippen LogP contribution in [0.1, 0.15) is 46.5 Å². The standard InChI is InChI=1S/C15H28O2Si/c1-7-13(3)15(17-18(4,5)6)16-14-10-8-9-12(2)11-14/h11,14H,7-10H2,1-6H3/b15-13+/t14-/m0/s1. The van der Waals surface area contributed by atoms with E-state index in [1.165, 1.54) is 24.0 Å². The first-order valence-corrected chi connectivity index (χ1v) is 10.5. The van der Waals surface area contributed by atoms with E-state index in [4.69, 9.17) is 9.16 Å². The van der Waals surface area contributed by atoms with Crippen molar-refractivity contribution >= 4 is 8.32 Å². The Hall–Kier alpha value is -0.703. The van der Waals surface area contributed by atoms with E-state index in [9.17, 15) is 0 Å². The summed E-state index contributed by atoms with van der Waals surface area (Å²) >= 11 is 0. The molecule has 0 amide bonds. The molecule has 0 heterocycles. The van der Waals surface area contributed by atoms with Crippen molar-refractivity contribution in [1.29, 1.82) is 0 Å². The maximum atomic E-state index is 6.11. The second kappa shape index (κ2) is 6.46. The monoisotopic (exact) mass is 268 g/mol. The molecule has 0 bridgehead atoms. The molecule has 0 fully saturated rings. The summed E-state index contributed by atoms with van der Waals surface area (Å²) in [7, 11) is -1.60. The fourth-order valence-corrected chi connectivity index (χ4v) is 2.71. The van der Waals surface area contributed by atoms with Gasteiger partial charge in [-0.2, -0.15) is 0 Å². The SMILES string of the molecule is CC/C(C)=C(\O[C@@H]1C=C(C)CCC1)O[Si](C)(C)C. The molecular weight excluding hydrogens is 240 g/mol. The Kier molecular flexibility index (Phi) is 5.51. The Morgan fingerprint density at radius 1 is 1.39 bits per heavy atom. The van der Waals surface area contributed by atoms with Gasteiger partial charge in [-0.3, -0.25) is 0 Å². The second-order valence-corrected chi connectivity index (χ2v) is 10.6. The lowest BCUT2D eigenvalue weighted by Crippen LogP contribution is -2.28. The first-order valence-electron chi connectivity index (χ1n) is 7.04. The van der Waals surface area contributed by atoms with Crippen molar-refractivity contribution in [3.05, 3.63) is 23.2 Å². The van der Waals surface area contributed by atoms with Gasteiger partial charge in [-0.15, -0.1) is 0 Å². The molecule has 1 aliphatic rings. The highest BCUT2D eigenvalue weighted by molar-refractivity contribution is 6.70. The van der Waals surface area contributed by atoms with Gasteiger partial charge in [0.05, 0.1) is 0 Å². The first-order chi connectivity index (χ1) is 8.31. The molecular formula is C15H28O2Si. The largest absolute Gasteiger partial charge is 0.520 e. The summed E-state index contributed by atoms with van der Waals surface area (Å²) in [5.74, 6) is 0.785. The molecule has 3 heteroatoms. The van der Waals surface area contributed by atoms with Crippen LogP contribution >= 0.6 is 0 Å². The normalized spacial score (nSPS) is 22.1. The molecule has 0 aromatic carbocycles. The van der Waals surface area contributed by atoms with Gasteiger partial charge in [0.25, 0.3) is 5.95 Å². The van der Waals surface area contributed by atoms with Gasteiger partial charge in [0.1, 0.15) is 6.10 Å². The molecule has 0 aromatic heterocycles. The third kappa shape index (κ3) is 5.30. The van der Waals surface area contributed by atoms with Crippen molar-refractivity contribution in [1.82, 2.24) is 0 Å². The van der Waals surface area contributed by atoms with E-state index < -0.39 is 8.32 Å². The summed E-state index contributed by atoms with van der Waals surface area (Å²) in [5.41, 5.74) is 2.65. The van der Waals surface area contributed by atoms with E-state index in [2.05, 4.69) is 46.5 Å². The van der Waals surface area contributed by atoms with Crippen molar-refractivity contribution < 1.29 is 9.16 Å². The highest BCUT2D eigenvalue weighted by Crippen LogP contribution is 2.25. The predicted molar refractivity (Wildman–Crippen MR) is 79.9 cm³/mol. The molecule has 18 heavy (non-hydrogen) atoms. The average Bonchev–Trinajstić information content (AvgIpc) is 2.25. The Morgan fingerprint density at radius 3 is 2.56 bits per heavy atom.